The molecule has 0 aromatic carbocycles. The molecule has 1 saturated heterocycles. The number of pyridine rings is 2. The smallest absolute Gasteiger partial charge is 0.0651 e. The Hall–Kier alpha value is -2.99. The second-order valence-electron chi connectivity index (χ2n) is 6.46. The Bertz CT molecular complexity index is 837. The van der Waals surface area contributed by atoms with Crippen molar-refractivity contribution in [3.63, 3.8) is 0 Å². The predicted octanol–water partition coefficient (Wildman–Crippen LogP) is 3.83. The molecule has 0 aliphatic carbocycles. The molecule has 0 unspecified atom stereocenters. The molecular weight excluding hydrogens is 336 g/mol. The van der Waals surface area contributed by atoms with Gasteiger partial charge in [0.1, 0.15) is 0 Å². The standard InChI is InChI=1S/C15H18N4.C6H8N2/c1-2-15-14(10-17-18-15)13-7-12(8-16-9-13)11-19-5-3-4-6-19;1-7-6-3-2-4-8-5-6/h2,7-10H,1,3-6,11H2,(H,17,18);2-5,7H,1H3. The zero-order valence-electron chi connectivity index (χ0n) is 15.7. The van der Waals surface area contributed by atoms with Crippen molar-refractivity contribution in [2.45, 2.75) is 19.4 Å². The van der Waals surface area contributed by atoms with Crippen LogP contribution in [0.15, 0.2) is 55.8 Å². The van der Waals surface area contributed by atoms with E-state index in [0.29, 0.717) is 0 Å². The predicted molar refractivity (Wildman–Crippen MR) is 110 cm³/mol. The lowest BCUT2D eigenvalue weighted by molar-refractivity contribution is 0.331. The molecule has 1 aliphatic rings. The van der Waals surface area contributed by atoms with Gasteiger partial charge < -0.3 is 5.32 Å². The number of H-pyrrole nitrogens is 1. The number of nitrogens with one attached hydrogen (secondary N) is 2. The van der Waals surface area contributed by atoms with Gasteiger partial charge in [0.25, 0.3) is 0 Å². The van der Waals surface area contributed by atoms with Crippen LogP contribution in [0.5, 0.6) is 0 Å². The van der Waals surface area contributed by atoms with Crippen LogP contribution in [0.2, 0.25) is 0 Å². The van der Waals surface area contributed by atoms with Gasteiger partial charge in [-0.25, -0.2) is 0 Å². The van der Waals surface area contributed by atoms with Gasteiger partial charge in [0.2, 0.25) is 0 Å². The lowest BCUT2D eigenvalue weighted by Gasteiger charge is -2.14. The molecule has 0 atom stereocenters. The molecule has 0 bridgehead atoms. The molecule has 0 spiro atoms. The summed E-state index contributed by atoms with van der Waals surface area (Å²) in [6.45, 7) is 7.19. The minimum Gasteiger partial charge on any atom is -0.387 e. The first-order valence-corrected chi connectivity index (χ1v) is 9.20. The Labute approximate surface area is 160 Å². The number of hydrogen-bond donors (Lipinski definition) is 2. The SMILES string of the molecule is C=Cc1[nH]ncc1-c1cncc(CN2CCCC2)c1.CNc1cccnc1. The number of nitrogens with zero attached hydrogens (tertiary/aromatic N) is 4. The summed E-state index contributed by atoms with van der Waals surface area (Å²) in [7, 11) is 1.87. The first-order valence-electron chi connectivity index (χ1n) is 9.20. The Morgan fingerprint density at radius 3 is 2.70 bits per heavy atom. The minimum atomic E-state index is 0.945. The normalized spacial score (nSPS) is 13.7. The van der Waals surface area contributed by atoms with Gasteiger partial charge in [0, 0.05) is 49.5 Å². The summed E-state index contributed by atoms with van der Waals surface area (Å²) in [6, 6.07) is 6.06. The molecule has 2 N–H and O–H groups in total. The Morgan fingerprint density at radius 2 is 2.04 bits per heavy atom. The molecule has 3 aromatic heterocycles. The third-order valence-electron chi connectivity index (χ3n) is 4.53. The van der Waals surface area contributed by atoms with Crippen molar-refractivity contribution in [2.24, 2.45) is 0 Å². The van der Waals surface area contributed by atoms with Gasteiger partial charge in [-0.3, -0.25) is 20.0 Å². The Kier molecular flexibility index (Phi) is 6.71. The summed E-state index contributed by atoms with van der Waals surface area (Å²) in [5.74, 6) is 0. The summed E-state index contributed by atoms with van der Waals surface area (Å²) in [5, 5.41) is 9.97. The van der Waals surface area contributed by atoms with E-state index in [1.807, 2.05) is 37.8 Å². The molecule has 0 amide bonds. The monoisotopic (exact) mass is 362 g/mol. The van der Waals surface area contributed by atoms with Gasteiger partial charge in [-0.1, -0.05) is 6.58 Å². The van der Waals surface area contributed by atoms with Gasteiger partial charge in [-0.2, -0.15) is 5.10 Å². The first-order chi connectivity index (χ1) is 13.3. The molecule has 0 radical (unpaired) electrons. The van der Waals surface area contributed by atoms with Gasteiger partial charge in [0.15, 0.2) is 0 Å². The van der Waals surface area contributed by atoms with Crippen LogP contribution in [0.1, 0.15) is 24.1 Å². The van der Waals surface area contributed by atoms with Crippen LogP contribution >= 0.6 is 0 Å². The van der Waals surface area contributed by atoms with E-state index in [1.165, 1.54) is 31.5 Å². The number of hydrogen-bond acceptors (Lipinski definition) is 5. The number of anilines is 1. The van der Waals surface area contributed by atoms with Crippen LogP contribution in [0, 0.1) is 0 Å². The maximum Gasteiger partial charge on any atom is 0.0651 e. The summed E-state index contributed by atoms with van der Waals surface area (Å²) >= 11 is 0. The third-order valence-corrected chi connectivity index (χ3v) is 4.53. The maximum absolute atomic E-state index is 4.36. The van der Waals surface area contributed by atoms with E-state index in [9.17, 15) is 0 Å². The summed E-state index contributed by atoms with van der Waals surface area (Å²) < 4.78 is 0. The highest BCUT2D eigenvalue weighted by Gasteiger charge is 2.13. The fourth-order valence-electron chi connectivity index (χ4n) is 3.11. The van der Waals surface area contributed by atoms with E-state index < -0.39 is 0 Å². The van der Waals surface area contributed by atoms with Gasteiger partial charge in [-0.05, 0) is 55.8 Å². The summed E-state index contributed by atoms with van der Waals surface area (Å²) in [5.41, 5.74) is 5.41. The van der Waals surface area contributed by atoms with Crippen LogP contribution in [0.25, 0.3) is 17.2 Å². The van der Waals surface area contributed by atoms with E-state index in [0.717, 1.165) is 29.1 Å². The van der Waals surface area contributed by atoms with Crippen LogP contribution < -0.4 is 5.32 Å². The molecule has 1 aliphatic heterocycles. The van der Waals surface area contributed by atoms with Crippen molar-refractivity contribution in [3.8, 4) is 11.1 Å². The molecule has 1 fully saturated rings. The van der Waals surface area contributed by atoms with Crippen molar-refractivity contribution in [2.75, 3.05) is 25.5 Å². The Balaban J connectivity index is 0.000000221. The number of likely N-dealkylation sites (tertiary alicyclic amines) is 1. The van der Waals surface area contributed by atoms with Crippen molar-refractivity contribution in [1.29, 1.82) is 0 Å². The minimum absolute atomic E-state index is 0.945. The van der Waals surface area contributed by atoms with Gasteiger partial charge >= 0.3 is 0 Å². The van der Waals surface area contributed by atoms with Gasteiger partial charge in [-0.15, -0.1) is 0 Å². The second-order valence-corrected chi connectivity index (χ2v) is 6.46. The topological polar surface area (TPSA) is 69.7 Å². The van der Waals surface area contributed by atoms with E-state index >= 15 is 0 Å². The highest BCUT2D eigenvalue weighted by atomic mass is 15.1. The van der Waals surface area contributed by atoms with Crippen molar-refractivity contribution >= 4 is 11.8 Å². The number of rotatable bonds is 5. The lowest BCUT2D eigenvalue weighted by atomic mass is 10.1. The quantitative estimate of drug-likeness (QED) is 0.722. The highest BCUT2D eigenvalue weighted by molar-refractivity contribution is 5.71. The lowest BCUT2D eigenvalue weighted by Crippen LogP contribution is -2.18. The average Bonchev–Trinajstić information content (AvgIpc) is 3.41. The van der Waals surface area contributed by atoms with Crippen molar-refractivity contribution < 1.29 is 0 Å². The molecule has 6 nitrogen and oxygen atoms in total. The van der Waals surface area contributed by atoms with Crippen LogP contribution in [-0.2, 0) is 6.54 Å². The Morgan fingerprint density at radius 1 is 1.19 bits per heavy atom. The average molecular weight is 362 g/mol. The molecule has 3 aromatic rings. The number of aromatic amines is 1. The fourth-order valence-corrected chi connectivity index (χ4v) is 3.11. The molecule has 27 heavy (non-hydrogen) atoms. The molecule has 4 heterocycles. The summed E-state index contributed by atoms with van der Waals surface area (Å²) in [6.07, 6.45) is 13.6. The van der Waals surface area contributed by atoms with Gasteiger partial charge in [0.05, 0.1) is 17.6 Å². The molecule has 4 rings (SSSR count). The van der Waals surface area contributed by atoms with Crippen molar-refractivity contribution in [1.82, 2.24) is 25.1 Å². The third kappa shape index (κ3) is 5.24. The zero-order chi connectivity index (χ0) is 18.9. The van der Waals surface area contributed by atoms with E-state index in [-0.39, 0.29) is 0 Å². The second kappa shape index (κ2) is 9.64. The fraction of sp³-hybridized carbons (Fsp3) is 0.286. The van der Waals surface area contributed by atoms with Crippen LogP contribution in [-0.4, -0.2) is 45.2 Å². The molecule has 140 valence electrons. The van der Waals surface area contributed by atoms with E-state index in [1.54, 1.807) is 18.5 Å². The van der Waals surface area contributed by atoms with Crippen molar-refractivity contribution in [3.05, 3.63) is 67.0 Å². The summed E-state index contributed by atoms with van der Waals surface area (Å²) in [4.78, 5) is 10.7. The highest BCUT2D eigenvalue weighted by Crippen LogP contribution is 2.23. The molecule has 6 heteroatoms. The number of aromatic nitrogens is 4. The molecular formula is C21H26N6. The zero-order valence-corrected chi connectivity index (χ0v) is 15.7. The maximum atomic E-state index is 4.36. The van der Waals surface area contributed by atoms with Crippen LogP contribution in [0.3, 0.4) is 0 Å². The van der Waals surface area contributed by atoms with E-state index in [4.69, 9.17) is 0 Å². The first kappa shape index (κ1) is 18.8. The van der Waals surface area contributed by atoms with Crippen LogP contribution in [0.4, 0.5) is 5.69 Å². The largest absolute Gasteiger partial charge is 0.387 e. The molecule has 0 saturated carbocycles. The van der Waals surface area contributed by atoms with E-state index in [2.05, 4.69) is 43.0 Å².